The predicted octanol–water partition coefficient (Wildman–Crippen LogP) is 3.44. The minimum Gasteiger partial charge on any atom is -0.492 e. The maximum atomic E-state index is 13.2. The van der Waals surface area contributed by atoms with Crippen molar-refractivity contribution in [3.05, 3.63) is 53.6 Å². The lowest BCUT2D eigenvalue weighted by atomic mass is 10.1. The van der Waals surface area contributed by atoms with Gasteiger partial charge in [0.05, 0.1) is 23.8 Å². The predicted molar refractivity (Wildman–Crippen MR) is 89.2 cm³/mol. The summed E-state index contributed by atoms with van der Waals surface area (Å²) in [4.78, 5) is 0. The second-order valence-electron chi connectivity index (χ2n) is 5.19. The lowest BCUT2D eigenvalue weighted by Gasteiger charge is -2.16. The quantitative estimate of drug-likeness (QED) is 0.700. The van der Waals surface area contributed by atoms with E-state index in [1.165, 1.54) is 12.1 Å². The van der Waals surface area contributed by atoms with Crippen molar-refractivity contribution in [2.75, 3.05) is 31.7 Å². The summed E-state index contributed by atoms with van der Waals surface area (Å²) >= 11 is 0. The zero-order valence-electron chi connectivity index (χ0n) is 13.7. The maximum absolute atomic E-state index is 13.2. The van der Waals surface area contributed by atoms with Gasteiger partial charge in [0.1, 0.15) is 24.7 Å². The number of aliphatic hydroxyl groups is 1. The number of nitrogens with zero attached hydrogens (tertiary/aromatic N) is 1. The molecule has 138 valence electrons. The molecule has 0 aliphatic rings. The Bertz CT molecular complexity index is 756. The third-order valence-corrected chi connectivity index (χ3v) is 3.33. The number of anilines is 1. The number of aliphatic hydroxyl groups excluding tert-OH is 1. The average Bonchev–Trinajstić information content (AvgIpc) is 2.63. The first-order valence-corrected chi connectivity index (χ1v) is 7.76. The average molecular weight is 366 g/mol. The van der Waals surface area contributed by atoms with Crippen molar-refractivity contribution in [2.45, 2.75) is 6.18 Å². The normalized spacial score (nSPS) is 10.9. The number of hydrogen-bond donors (Lipinski definition) is 2. The number of rotatable bonds is 8. The highest BCUT2D eigenvalue weighted by atomic mass is 19.4. The van der Waals surface area contributed by atoms with Crippen molar-refractivity contribution in [1.82, 2.24) is 0 Å². The van der Waals surface area contributed by atoms with Gasteiger partial charge in [-0.1, -0.05) is 0 Å². The fourth-order valence-electron chi connectivity index (χ4n) is 2.15. The first-order chi connectivity index (χ1) is 12.4. The maximum Gasteiger partial charge on any atom is 0.418 e. The molecule has 2 aromatic carbocycles. The van der Waals surface area contributed by atoms with Gasteiger partial charge in [0.15, 0.2) is 0 Å². The number of hydrogen-bond acceptors (Lipinski definition) is 5. The van der Waals surface area contributed by atoms with Crippen LogP contribution < -0.4 is 14.8 Å². The van der Waals surface area contributed by atoms with Crippen molar-refractivity contribution in [1.29, 1.82) is 5.26 Å². The van der Waals surface area contributed by atoms with E-state index in [9.17, 15) is 13.2 Å². The van der Waals surface area contributed by atoms with Crippen molar-refractivity contribution in [3.63, 3.8) is 0 Å². The standard InChI is InChI=1S/C18H17F3N2O3/c19-18(20,21)16-11-15(26-10-8-24)5-6-17(16)23-7-9-25-14-3-1-13(12-22)2-4-14/h1-6,11,23-24H,7-10H2. The Kier molecular flexibility index (Phi) is 6.69. The zero-order valence-corrected chi connectivity index (χ0v) is 13.7. The number of nitriles is 1. The lowest BCUT2D eigenvalue weighted by Crippen LogP contribution is -2.16. The Morgan fingerprint density at radius 1 is 1.00 bits per heavy atom. The molecule has 0 aliphatic heterocycles. The molecule has 0 aliphatic carbocycles. The Balaban J connectivity index is 1.96. The van der Waals surface area contributed by atoms with E-state index in [1.54, 1.807) is 24.3 Å². The molecule has 2 N–H and O–H groups in total. The first-order valence-electron chi connectivity index (χ1n) is 7.76. The molecule has 0 aromatic heterocycles. The summed E-state index contributed by atoms with van der Waals surface area (Å²) in [5.74, 6) is 0.556. The molecule has 0 amide bonds. The second-order valence-corrected chi connectivity index (χ2v) is 5.19. The number of ether oxygens (including phenoxy) is 2. The molecule has 2 rings (SSSR count). The molecule has 0 bridgehead atoms. The molecule has 0 heterocycles. The van der Waals surface area contributed by atoms with E-state index >= 15 is 0 Å². The van der Waals surface area contributed by atoms with E-state index in [0.29, 0.717) is 11.3 Å². The zero-order chi connectivity index (χ0) is 19.0. The van der Waals surface area contributed by atoms with Gasteiger partial charge in [-0.2, -0.15) is 18.4 Å². The molecule has 0 spiro atoms. The van der Waals surface area contributed by atoms with Crippen LogP contribution in [-0.2, 0) is 6.18 Å². The van der Waals surface area contributed by atoms with Crippen LogP contribution in [0.1, 0.15) is 11.1 Å². The molecular formula is C18H17F3N2O3. The number of benzene rings is 2. The Morgan fingerprint density at radius 3 is 2.27 bits per heavy atom. The van der Waals surface area contributed by atoms with Gasteiger partial charge in [0.2, 0.25) is 0 Å². The van der Waals surface area contributed by atoms with Gasteiger partial charge in [-0.15, -0.1) is 0 Å². The van der Waals surface area contributed by atoms with E-state index in [1.807, 2.05) is 6.07 Å². The van der Waals surface area contributed by atoms with Gasteiger partial charge in [-0.25, -0.2) is 0 Å². The highest BCUT2D eigenvalue weighted by molar-refractivity contribution is 5.55. The molecule has 8 heteroatoms. The first kappa shape index (κ1) is 19.4. The summed E-state index contributed by atoms with van der Waals surface area (Å²) in [5, 5.41) is 20.1. The third kappa shape index (κ3) is 5.57. The summed E-state index contributed by atoms with van der Waals surface area (Å²) in [7, 11) is 0. The smallest absolute Gasteiger partial charge is 0.418 e. The van der Waals surface area contributed by atoms with Crippen LogP contribution in [0.3, 0.4) is 0 Å². The Hall–Kier alpha value is -2.92. The highest BCUT2D eigenvalue weighted by Crippen LogP contribution is 2.37. The molecule has 0 radical (unpaired) electrons. The monoisotopic (exact) mass is 366 g/mol. The van der Waals surface area contributed by atoms with Crippen LogP contribution in [0.5, 0.6) is 11.5 Å². The van der Waals surface area contributed by atoms with Gasteiger partial charge in [-0.3, -0.25) is 0 Å². The van der Waals surface area contributed by atoms with E-state index in [-0.39, 0.29) is 37.8 Å². The molecule has 0 saturated carbocycles. The van der Waals surface area contributed by atoms with Gasteiger partial charge in [0.25, 0.3) is 0 Å². The van der Waals surface area contributed by atoms with Gasteiger partial charge in [0, 0.05) is 12.2 Å². The van der Waals surface area contributed by atoms with Crippen molar-refractivity contribution in [2.24, 2.45) is 0 Å². The van der Waals surface area contributed by atoms with Gasteiger partial charge >= 0.3 is 6.18 Å². The molecule has 0 saturated heterocycles. The second kappa shape index (κ2) is 8.97. The number of halogens is 3. The Labute approximate surface area is 148 Å². The molecule has 26 heavy (non-hydrogen) atoms. The van der Waals surface area contributed by atoms with Crippen LogP contribution in [-0.4, -0.2) is 31.5 Å². The lowest BCUT2D eigenvalue weighted by molar-refractivity contribution is -0.137. The van der Waals surface area contributed by atoms with Crippen LogP contribution in [0.15, 0.2) is 42.5 Å². The number of nitrogens with one attached hydrogen (secondary N) is 1. The number of alkyl halides is 3. The van der Waals surface area contributed by atoms with E-state index in [2.05, 4.69) is 5.32 Å². The molecule has 5 nitrogen and oxygen atoms in total. The summed E-state index contributed by atoms with van der Waals surface area (Å²) in [6, 6.07) is 12.0. The minimum atomic E-state index is -4.55. The van der Waals surface area contributed by atoms with Crippen LogP contribution in [0.25, 0.3) is 0 Å². The van der Waals surface area contributed by atoms with E-state index in [4.69, 9.17) is 19.8 Å². The topological polar surface area (TPSA) is 74.5 Å². The fourth-order valence-corrected chi connectivity index (χ4v) is 2.15. The molecule has 2 aromatic rings. The summed E-state index contributed by atoms with van der Waals surface area (Å²) < 4.78 is 50.0. The van der Waals surface area contributed by atoms with E-state index < -0.39 is 11.7 Å². The minimum absolute atomic E-state index is 0.0331. The van der Waals surface area contributed by atoms with Crippen LogP contribution in [0, 0.1) is 11.3 Å². The summed E-state index contributed by atoms with van der Waals surface area (Å²) in [6.07, 6.45) is -4.55. The Morgan fingerprint density at radius 2 is 1.65 bits per heavy atom. The molecular weight excluding hydrogens is 349 g/mol. The highest BCUT2D eigenvalue weighted by Gasteiger charge is 2.34. The third-order valence-electron chi connectivity index (χ3n) is 3.33. The van der Waals surface area contributed by atoms with Crippen LogP contribution in [0.4, 0.5) is 18.9 Å². The largest absolute Gasteiger partial charge is 0.492 e. The van der Waals surface area contributed by atoms with Crippen molar-refractivity contribution < 1.29 is 27.8 Å². The van der Waals surface area contributed by atoms with Crippen molar-refractivity contribution in [3.8, 4) is 17.6 Å². The summed E-state index contributed by atoms with van der Waals surface area (Å²) in [6.45, 7) is -0.0670. The van der Waals surface area contributed by atoms with Gasteiger partial charge < -0.3 is 19.9 Å². The summed E-state index contributed by atoms with van der Waals surface area (Å²) in [5.41, 5.74) is -0.447. The van der Waals surface area contributed by atoms with Gasteiger partial charge in [-0.05, 0) is 42.5 Å². The molecule has 0 unspecified atom stereocenters. The molecule has 0 atom stereocenters. The van der Waals surface area contributed by atoms with Crippen LogP contribution in [0.2, 0.25) is 0 Å². The molecule has 0 fully saturated rings. The van der Waals surface area contributed by atoms with E-state index in [0.717, 1.165) is 6.07 Å². The van der Waals surface area contributed by atoms with Crippen molar-refractivity contribution >= 4 is 5.69 Å². The van der Waals surface area contributed by atoms with Crippen LogP contribution >= 0.6 is 0 Å². The SMILES string of the molecule is N#Cc1ccc(OCCNc2ccc(OCCO)cc2C(F)(F)F)cc1. The fraction of sp³-hybridized carbons (Fsp3) is 0.278.